The maximum Gasteiger partial charge on any atom is 0.195 e. The molecule has 67 valence electrons. The number of fused-ring (bicyclic) bond motifs is 1. The predicted octanol–water partition coefficient (Wildman–Crippen LogP) is 2.19. The standard InChI is InChI=1S/C10H10NO2/c12-7-3-6-10-11-8-4-1-2-5-9(8)13-10/h1-2,4-5H,3,6-7H2. The molecule has 0 unspecified atom stereocenters. The van der Waals surface area contributed by atoms with Crippen LogP contribution in [0.4, 0.5) is 0 Å². The molecule has 0 aliphatic carbocycles. The summed E-state index contributed by atoms with van der Waals surface area (Å²) in [5.74, 6) is 0.664. The van der Waals surface area contributed by atoms with Gasteiger partial charge in [-0.25, -0.2) is 10.1 Å². The summed E-state index contributed by atoms with van der Waals surface area (Å²) in [6, 6.07) is 7.61. The Morgan fingerprint density at radius 3 is 2.92 bits per heavy atom. The Kier molecular flexibility index (Phi) is 2.27. The summed E-state index contributed by atoms with van der Waals surface area (Å²) in [6.07, 6.45) is 1.23. The molecule has 0 aliphatic heterocycles. The van der Waals surface area contributed by atoms with E-state index >= 15 is 0 Å². The second kappa shape index (κ2) is 3.58. The van der Waals surface area contributed by atoms with E-state index in [1.165, 1.54) is 0 Å². The number of nitrogens with zero attached hydrogens (tertiary/aromatic N) is 1. The Hall–Kier alpha value is -1.35. The van der Waals surface area contributed by atoms with Crippen molar-refractivity contribution in [3.8, 4) is 0 Å². The number of para-hydroxylation sites is 2. The Balaban J connectivity index is 2.28. The van der Waals surface area contributed by atoms with Gasteiger partial charge in [-0.15, -0.1) is 0 Å². The van der Waals surface area contributed by atoms with Crippen LogP contribution in [0.3, 0.4) is 0 Å². The molecule has 0 fully saturated rings. The molecule has 2 rings (SSSR count). The molecule has 0 N–H and O–H groups in total. The normalized spacial score (nSPS) is 10.8. The van der Waals surface area contributed by atoms with Gasteiger partial charge < -0.3 is 4.42 Å². The van der Waals surface area contributed by atoms with Gasteiger partial charge >= 0.3 is 0 Å². The summed E-state index contributed by atoms with van der Waals surface area (Å²) in [7, 11) is 0. The highest BCUT2D eigenvalue weighted by molar-refractivity contribution is 5.72. The lowest BCUT2D eigenvalue weighted by Crippen LogP contribution is -1.87. The smallest absolute Gasteiger partial charge is 0.195 e. The van der Waals surface area contributed by atoms with E-state index in [4.69, 9.17) is 4.42 Å². The zero-order chi connectivity index (χ0) is 9.10. The molecular formula is C10H10NO2. The van der Waals surface area contributed by atoms with Crippen LogP contribution in [0.1, 0.15) is 12.3 Å². The van der Waals surface area contributed by atoms with Crippen LogP contribution in [-0.2, 0) is 11.5 Å². The molecule has 2 aromatic rings. The van der Waals surface area contributed by atoms with E-state index < -0.39 is 0 Å². The highest BCUT2D eigenvalue weighted by atomic mass is 16.3. The van der Waals surface area contributed by atoms with Gasteiger partial charge in [0.1, 0.15) is 5.52 Å². The van der Waals surface area contributed by atoms with E-state index in [9.17, 15) is 5.11 Å². The third-order valence-corrected chi connectivity index (χ3v) is 1.87. The molecule has 13 heavy (non-hydrogen) atoms. The average Bonchev–Trinajstić information content (AvgIpc) is 2.57. The van der Waals surface area contributed by atoms with Crippen LogP contribution < -0.4 is 0 Å². The number of aromatic nitrogens is 1. The van der Waals surface area contributed by atoms with Crippen molar-refractivity contribution in [2.24, 2.45) is 0 Å². The van der Waals surface area contributed by atoms with Crippen molar-refractivity contribution in [2.75, 3.05) is 6.61 Å². The molecule has 3 heteroatoms. The first-order valence-corrected chi connectivity index (χ1v) is 4.33. The second-order valence-electron chi connectivity index (χ2n) is 2.88. The number of hydrogen-bond donors (Lipinski definition) is 0. The van der Waals surface area contributed by atoms with E-state index in [0.717, 1.165) is 11.1 Å². The van der Waals surface area contributed by atoms with Gasteiger partial charge in [0, 0.05) is 6.42 Å². The molecule has 3 nitrogen and oxygen atoms in total. The molecule has 0 saturated carbocycles. The zero-order valence-electron chi connectivity index (χ0n) is 7.19. The monoisotopic (exact) mass is 176 g/mol. The predicted molar refractivity (Wildman–Crippen MR) is 47.9 cm³/mol. The van der Waals surface area contributed by atoms with Gasteiger partial charge in [0.2, 0.25) is 0 Å². The lowest BCUT2D eigenvalue weighted by atomic mass is 10.3. The maximum absolute atomic E-state index is 10.2. The number of oxazole rings is 1. The Morgan fingerprint density at radius 1 is 1.31 bits per heavy atom. The first-order chi connectivity index (χ1) is 6.40. The Morgan fingerprint density at radius 2 is 2.15 bits per heavy atom. The van der Waals surface area contributed by atoms with Gasteiger partial charge in [-0.3, -0.25) is 0 Å². The molecule has 0 spiro atoms. The fourth-order valence-corrected chi connectivity index (χ4v) is 1.25. The van der Waals surface area contributed by atoms with Crippen molar-refractivity contribution in [1.29, 1.82) is 0 Å². The molecule has 1 heterocycles. The van der Waals surface area contributed by atoms with Gasteiger partial charge in [-0.1, -0.05) is 12.1 Å². The van der Waals surface area contributed by atoms with Crippen LogP contribution >= 0.6 is 0 Å². The van der Waals surface area contributed by atoms with E-state index in [-0.39, 0.29) is 6.61 Å². The van der Waals surface area contributed by atoms with Crippen LogP contribution in [0.15, 0.2) is 28.7 Å². The quantitative estimate of drug-likeness (QED) is 0.719. The van der Waals surface area contributed by atoms with E-state index in [2.05, 4.69) is 4.98 Å². The van der Waals surface area contributed by atoms with Crippen LogP contribution in [0.25, 0.3) is 11.1 Å². The zero-order valence-corrected chi connectivity index (χ0v) is 7.19. The first kappa shape index (κ1) is 8.26. The van der Waals surface area contributed by atoms with Crippen molar-refractivity contribution >= 4 is 11.1 Å². The summed E-state index contributed by atoms with van der Waals surface area (Å²) in [5.41, 5.74) is 1.66. The largest absolute Gasteiger partial charge is 0.441 e. The number of benzene rings is 1. The summed E-state index contributed by atoms with van der Waals surface area (Å²) >= 11 is 0. The minimum absolute atomic E-state index is 0.0707. The molecule has 0 amide bonds. The molecule has 1 aromatic carbocycles. The number of hydrogen-bond acceptors (Lipinski definition) is 2. The van der Waals surface area contributed by atoms with Crippen molar-refractivity contribution in [1.82, 2.24) is 4.98 Å². The Labute approximate surface area is 76.0 Å². The minimum Gasteiger partial charge on any atom is -0.441 e. The second-order valence-corrected chi connectivity index (χ2v) is 2.88. The third kappa shape index (κ3) is 1.70. The summed E-state index contributed by atoms with van der Waals surface area (Å²) in [5, 5.41) is 10.2. The average molecular weight is 176 g/mol. The van der Waals surface area contributed by atoms with E-state index in [0.29, 0.717) is 18.7 Å². The third-order valence-electron chi connectivity index (χ3n) is 1.87. The van der Waals surface area contributed by atoms with Crippen LogP contribution in [0, 0.1) is 0 Å². The lowest BCUT2D eigenvalue weighted by molar-refractivity contribution is 0.187. The molecular weight excluding hydrogens is 166 g/mol. The minimum atomic E-state index is -0.0707. The van der Waals surface area contributed by atoms with Gasteiger partial charge in [-0.2, -0.15) is 0 Å². The van der Waals surface area contributed by atoms with Gasteiger partial charge in [0.25, 0.3) is 0 Å². The highest BCUT2D eigenvalue weighted by Crippen LogP contribution is 2.15. The van der Waals surface area contributed by atoms with E-state index in [1.807, 2.05) is 24.3 Å². The summed E-state index contributed by atoms with van der Waals surface area (Å²) < 4.78 is 5.42. The Bertz CT molecular complexity index is 361. The fraction of sp³-hybridized carbons (Fsp3) is 0.300. The molecule has 0 atom stereocenters. The van der Waals surface area contributed by atoms with Crippen LogP contribution in [0.2, 0.25) is 0 Å². The van der Waals surface area contributed by atoms with Gasteiger partial charge in [0.05, 0.1) is 6.61 Å². The molecule has 0 bridgehead atoms. The summed E-state index contributed by atoms with van der Waals surface area (Å²) in [4.78, 5) is 4.24. The number of rotatable bonds is 3. The molecule has 0 saturated heterocycles. The van der Waals surface area contributed by atoms with Crippen LogP contribution in [0.5, 0.6) is 0 Å². The summed E-state index contributed by atoms with van der Waals surface area (Å²) in [6.45, 7) is -0.0707. The molecule has 0 aliphatic rings. The topological polar surface area (TPSA) is 45.9 Å². The van der Waals surface area contributed by atoms with Gasteiger partial charge in [0.15, 0.2) is 11.5 Å². The first-order valence-electron chi connectivity index (χ1n) is 4.33. The van der Waals surface area contributed by atoms with Crippen molar-refractivity contribution in [3.05, 3.63) is 30.2 Å². The van der Waals surface area contributed by atoms with Gasteiger partial charge in [-0.05, 0) is 18.6 Å². The van der Waals surface area contributed by atoms with Crippen molar-refractivity contribution < 1.29 is 9.52 Å². The molecule has 1 aromatic heterocycles. The fourth-order valence-electron chi connectivity index (χ4n) is 1.25. The van der Waals surface area contributed by atoms with E-state index in [1.54, 1.807) is 0 Å². The van der Waals surface area contributed by atoms with Crippen molar-refractivity contribution in [2.45, 2.75) is 12.8 Å². The SMILES string of the molecule is [O]CCCc1nc2ccccc2o1. The van der Waals surface area contributed by atoms with Crippen molar-refractivity contribution in [3.63, 3.8) is 0 Å². The highest BCUT2D eigenvalue weighted by Gasteiger charge is 2.03. The van der Waals surface area contributed by atoms with Crippen LogP contribution in [-0.4, -0.2) is 11.6 Å². The lowest BCUT2D eigenvalue weighted by Gasteiger charge is -1.87. The maximum atomic E-state index is 10.2. The number of aryl methyl sites for hydroxylation is 1. The molecule has 1 radical (unpaired) electrons.